The number of alkyl halides is 3. The molecule has 0 spiro atoms. The number of rotatable bonds is 3. The lowest BCUT2D eigenvalue weighted by Crippen LogP contribution is -2.22. The van der Waals surface area contributed by atoms with E-state index in [-0.39, 0.29) is 12.2 Å². The van der Waals surface area contributed by atoms with Crippen molar-refractivity contribution in [2.75, 3.05) is 0 Å². The van der Waals surface area contributed by atoms with Crippen LogP contribution in [0.5, 0.6) is 0 Å². The molecule has 0 N–H and O–H groups in total. The first-order valence-electron chi connectivity index (χ1n) is 7.22. The fraction of sp³-hybridized carbons (Fsp3) is 0.412. The topological polar surface area (TPSA) is 34.9 Å². The molecule has 0 saturated heterocycles. The third kappa shape index (κ3) is 4.21. The van der Waals surface area contributed by atoms with E-state index in [1.54, 1.807) is 40.0 Å². The molecule has 0 unspecified atom stereocenters. The molecule has 1 aromatic carbocycles. The highest BCUT2D eigenvalue weighted by atomic mass is 19.4. The summed E-state index contributed by atoms with van der Waals surface area (Å²) in [4.78, 5) is 16.2. The van der Waals surface area contributed by atoms with Crippen LogP contribution in [0.4, 0.5) is 13.2 Å². The van der Waals surface area contributed by atoms with Gasteiger partial charge in [0, 0.05) is 23.7 Å². The van der Waals surface area contributed by atoms with E-state index >= 15 is 0 Å². The van der Waals surface area contributed by atoms with E-state index in [1.165, 1.54) is 10.9 Å². The number of hydrogen-bond donors (Lipinski definition) is 0. The van der Waals surface area contributed by atoms with Crippen LogP contribution in [0.25, 0.3) is 5.69 Å². The molecular weight excluding hydrogens is 305 g/mol. The summed E-state index contributed by atoms with van der Waals surface area (Å²) in [7, 11) is 0. The Bertz CT molecular complexity index is 724. The molecule has 0 amide bonds. The number of imidazole rings is 1. The summed E-state index contributed by atoms with van der Waals surface area (Å²) in [6.45, 7) is 7.02. The largest absolute Gasteiger partial charge is 0.416 e. The zero-order valence-electron chi connectivity index (χ0n) is 13.5. The Kier molecular flexibility index (Phi) is 4.37. The van der Waals surface area contributed by atoms with Crippen LogP contribution in [0.3, 0.4) is 0 Å². The first-order valence-corrected chi connectivity index (χ1v) is 7.22. The Labute approximate surface area is 133 Å². The molecule has 0 aliphatic rings. The lowest BCUT2D eigenvalue weighted by atomic mass is 9.87. The zero-order chi connectivity index (χ0) is 17.4. The quantitative estimate of drug-likeness (QED) is 0.841. The monoisotopic (exact) mass is 324 g/mol. The van der Waals surface area contributed by atoms with Crippen LogP contribution in [0.1, 0.15) is 37.6 Å². The maximum Gasteiger partial charge on any atom is 0.416 e. The van der Waals surface area contributed by atoms with Gasteiger partial charge in [-0.3, -0.25) is 4.79 Å². The summed E-state index contributed by atoms with van der Waals surface area (Å²) >= 11 is 0. The first kappa shape index (κ1) is 17.2. The van der Waals surface area contributed by atoms with Crippen LogP contribution >= 0.6 is 0 Å². The molecular formula is C17H19F3N2O. The predicted molar refractivity (Wildman–Crippen MR) is 81.5 cm³/mol. The van der Waals surface area contributed by atoms with Gasteiger partial charge < -0.3 is 4.57 Å². The van der Waals surface area contributed by atoms with E-state index < -0.39 is 17.2 Å². The van der Waals surface area contributed by atoms with E-state index in [9.17, 15) is 18.0 Å². The first-order chi connectivity index (χ1) is 10.5. The number of carbonyl (C=O) groups excluding carboxylic acids is 1. The molecule has 1 aromatic heterocycles. The normalized spacial score (nSPS) is 12.5. The Morgan fingerprint density at radius 2 is 1.83 bits per heavy atom. The molecule has 0 aliphatic carbocycles. The van der Waals surface area contributed by atoms with Gasteiger partial charge in [-0.15, -0.1) is 0 Å². The number of halogens is 3. The average molecular weight is 324 g/mol. The van der Waals surface area contributed by atoms with Crippen molar-refractivity contribution in [3.05, 3.63) is 47.5 Å². The lowest BCUT2D eigenvalue weighted by molar-refractivity contribution is -0.137. The number of carbonyl (C=O) groups is 1. The Hall–Kier alpha value is -2.11. The van der Waals surface area contributed by atoms with Crippen molar-refractivity contribution in [2.45, 2.75) is 40.3 Å². The number of aromatic nitrogens is 2. The Balaban J connectivity index is 2.48. The van der Waals surface area contributed by atoms with Crippen LogP contribution < -0.4 is 0 Å². The van der Waals surface area contributed by atoms with E-state index in [4.69, 9.17) is 0 Å². The third-order valence-electron chi connectivity index (χ3n) is 3.52. The smallest absolute Gasteiger partial charge is 0.306 e. The summed E-state index contributed by atoms with van der Waals surface area (Å²) < 4.78 is 40.9. The molecule has 6 heteroatoms. The fourth-order valence-corrected chi connectivity index (χ4v) is 2.10. The van der Waals surface area contributed by atoms with Crippen molar-refractivity contribution >= 4 is 5.78 Å². The highest BCUT2D eigenvalue weighted by Gasteiger charge is 2.32. The van der Waals surface area contributed by atoms with E-state index in [0.29, 0.717) is 16.9 Å². The number of hydrogen-bond acceptors (Lipinski definition) is 2. The van der Waals surface area contributed by atoms with Gasteiger partial charge in [-0.2, -0.15) is 13.2 Å². The molecule has 2 rings (SSSR count). The lowest BCUT2D eigenvalue weighted by Gasteiger charge is -2.18. The molecule has 0 saturated carbocycles. The summed E-state index contributed by atoms with van der Waals surface area (Å²) in [5, 5.41) is 0. The van der Waals surface area contributed by atoms with Gasteiger partial charge in [-0.05, 0) is 30.7 Å². The van der Waals surface area contributed by atoms with Gasteiger partial charge in [0.15, 0.2) is 0 Å². The Morgan fingerprint density at radius 1 is 1.17 bits per heavy atom. The number of Topliss-reactive ketones (excluding diaryl/α,β-unsaturated/α-hetero) is 1. The second-order valence-corrected chi connectivity index (χ2v) is 6.66. The van der Waals surface area contributed by atoms with E-state index in [2.05, 4.69) is 4.98 Å². The number of ketones is 1. The predicted octanol–water partition coefficient (Wildman–Crippen LogP) is 4.36. The highest BCUT2D eigenvalue weighted by Crippen LogP contribution is 2.32. The van der Waals surface area contributed by atoms with Crippen molar-refractivity contribution in [3.63, 3.8) is 0 Å². The van der Waals surface area contributed by atoms with Gasteiger partial charge in [0.05, 0.1) is 17.6 Å². The van der Waals surface area contributed by atoms with Crippen LogP contribution in [0.2, 0.25) is 0 Å². The fourth-order valence-electron chi connectivity index (χ4n) is 2.10. The van der Waals surface area contributed by atoms with Gasteiger partial charge in [0.2, 0.25) is 0 Å². The minimum Gasteiger partial charge on any atom is -0.306 e. The van der Waals surface area contributed by atoms with Crippen molar-refractivity contribution in [1.82, 2.24) is 9.55 Å². The molecule has 1 heterocycles. The summed E-state index contributed by atoms with van der Waals surface area (Å²) in [6.07, 6.45) is -1.40. The summed E-state index contributed by atoms with van der Waals surface area (Å²) in [6, 6.07) is 3.70. The van der Waals surface area contributed by atoms with Crippen LogP contribution in [0.15, 0.2) is 30.7 Å². The maximum absolute atomic E-state index is 13.1. The molecule has 0 bridgehead atoms. The van der Waals surface area contributed by atoms with Gasteiger partial charge >= 0.3 is 6.18 Å². The second-order valence-electron chi connectivity index (χ2n) is 6.66. The molecule has 0 radical (unpaired) electrons. The van der Waals surface area contributed by atoms with Gasteiger partial charge in [-0.25, -0.2) is 4.98 Å². The number of benzene rings is 1. The standard InChI is InChI=1S/C17H19F3N2O/c1-11-9-22(10-21-11)14-6-12(7-15(23)16(2,3)4)5-13(8-14)17(18,19)20/h5-6,8-10H,7H2,1-4H3. The molecule has 0 aliphatic heterocycles. The average Bonchev–Trinajstić information content (AvgIpc) is 2.83. The molecule has 124 valence electrons. The minimum absolute atomic E-state index is 0.0336. The van der Waals surface area contributed by atoms with Crippen LogP contribution in [0, 0.1) is 12.3 Å². The van der Waals surface area contributed by atoms with E-state index in [1.807, 2.05) is 0 Å². The molecule has 23 heavy (non-hydrogen) atoms. The minimum atomic E-state index is -4.47. The number of nitrogens with zero attached hydrogens (tertiary/aromatic N) is 2. The van der Waals surface area contributed by atoms with Gasteiger partial charge in [-0.1, -0.05) is 20.8 Å². The van der Waals surface area contributed by atoms with Crippen molar-refractivity contribution < 1.29 is 18.0 Å². The SMILES string of the molecule is Cc1cn(-c2cc(CC(=O)C(C)(C)C)cc(C(F)(F)F)c2)cn1. The summed E-state index contributed by atoms with van der Waals surface area (Å²) in [5.74, 6) is -0.107. The third-order valence-corrected chi connectivity index (χ3v) is 3.52. The van der Waals surface area contributed by atoms with Crippen LogP contribution in [-0.4, -0.2) is 15.3 Å². The number of aryl methyl sites for hydroxylation is 1. The highest BCUT2D eigenvalue weighted by molar-refractivity contribution is 5.85. The maximum atomic E-state index is 13.1. The summed E-state index contributed by atoms with van der Waals surface area (Å²) in [5.41, 5.74) is 0.0334. The zero-order valence-corrected chi connectivity index (χ0v) is 13.5. The molecule has 3 nitrogen and oxygen atoms in total. The molecule has 0 atom stereocenters. The van der Waals surface area contributed by atoms with E-state index in [0.717, 1.165) is 12.1 Å². The van der Waals surface area contributed by atoms with Crippen LogP contribution in [-0.2, 0) is 17.4 Å². The molecule has 0 fully saturated rings. The van der Waals surface area contributed by atoms with Crippen molar-refractivity contribution in [3.8, 4) is 5.69 Å². The van der Waals surface area contributed by atoms with Crippen molar-refractivity contribution in [1.29, 1.82) is 0 Å². The second kappa shape index (κ2) is 5.83. The van der Waals surface area contributed by atoms with Gasteiger partial charge in [0.1, 0.15) is 5.78 Å². The van der Waals surface area contributed by atoms with Crippen molar-refractivity contribution in [2.24, 2.45) is 5.41 Å². The Morgan fingerprint density at radius 3 is 2.30 bits per heavy atom. The van der Waals surface area contributed by atoms with Gasteiger partial charge in [0.25, 0.3) is 0 Å². The molecule has 2 aromatic rings.